The van der Waals surface area contributed by atoms with E-state index in [1.165, 1.54) is 6.42 Å². The van der Waals surface area contributed by atoms with E-state index in [1.54, 1.807) is 0 Å². The van der Waals surface area contributed by atoms with Gasteiger partial charge in [-0.2, -0.15) is 5.26 Å². The Morgan fingerprint density at radius 2 is 2.05 bits per heavy atom. The van der Waals surface area contributed by atoms with E-state index in [9.17, 15) is 10.1 Å². The number of rotatable bonds is 3. The molecule has 4 atom stereocenters. The summed E-state index contributed by atoms with van der Waals surface area (Å²) in [5.74, 6) is 1.21. The Morgan fingerprint density at radius 1 is 1.30 bits per heavy atom. The van der Waals surface area contributed by atoms with Crippen LogP contribution in [0.5, 0.6) is 0 Å². The molecule has 3 fully saturated rings. The van der Waals surface area contributed by atoms with Crippen LogP contribution in [0.15, 0.2) is 30.3 Å². The van der Waals surface area contributed by atoms with Gasteiger partial charge >= 0.3 is 0 Å². The van der Waals surface area contributed by atoms with Crippen molar-refractivity contribution in [1.82, 2.24) is 0 Å². The number of carbonyl (C=O) groups is 1. The fourth-order valence-electron chi connectivity index (χ4n) is 3.96. The van der Waals surface area contributed by atoms with Crippen molar-refractivity contribution in [3.63, 3.8) is 0 Å². The van der Waals surface area contributed by atoms with Crippen molar-refractivity contribution < 1.29 is 4.79 Å². The van der Waals surface area contributed by atoms with E-state index in [2.05, 4.69) is 6.07 Å². The lowest BCUT2D eigenvalue weighted by Gasteiger charge is -2.45. The van der Waals surface area contributed by atoms with Crippen LogP contribution >= 0.6 is 0 Å². The van der Waals surface area contributed by atoms with Gasteiger partial charge in [-0.15, -0.1) is 0 Å². The van der Waals surface area contributed by atoms with Gasteiger partial charge in [0.1, 0.15) is 11.8 Å². The van der Waals surface area contributed by atoms with Gasteiger partial charge in [0, 0.05) is 31.0 Å². The largest absolute Gasteiger partial charge is 0.359 e. The van der Waals surface area contributed by atoms with Crippen LogP contribution in [0.25, 0.3) is 0 Å². The van der Waals surface area contributed by atoms with Gasteiger partial charge in [0.15, 0.2) is 0 Å². The van der Waals surface area contributed by atoms with Crippen LogP contribution in [0.2, 0.25) is 0 Å². The molecule has 0 heterocycles. The minimum atomic E-state index is -0.200. The van der Waals surface area contributed by atoms with Crippen LogP contribution in [0.4, 0.5) is 5.69 Å². The summed E-state index contributed by atoms with van der Waals surface area (Å²) < 4.78 is 0. The number of Topliss-reactive ketones (excluding diaryl/α,β-unsaturated/α-hetero) is 1. The first-order valence-electron chi connectivity index (χ1n) is 7.41. The zero-order chi connectivity index (χ0) is 14.1. The number of ketones is 1. The van der Waals surface area contributed by atoms with Crippen LogP contribution in [0.1, 0.15) is 25.7 Å². The van der Waals surface area contributed by atoms with E-state index < -0.39 is 0 Å². The lowest BCUT2D eigenvalue weighted by atomic mass is 9.62. The molecule has 0 spiro atoms. The van der Waals surface area contributed by atoms with Gasteiger partial charge in [-0.3, -0.25) is 4.79 Å². The molecule has 2 bridgehead atoms. The molecule has 104 valence electrons. The van der Waals surface area contributed by atoms with Crippen molar-refractivity contribution in [2.24, 2.45) is 17.8 Å². The number of carbonyl (C=O) groups excluding carboxylic acids is 1. The lowest BCUT2D eigenvalue weighted by Crippen LogP contribution is -2.48. The number of nitriles is 1. The van der Waals surface area contributed by atoms with Crippen LogP contribution in [0, 0.1) is 29.1 Å². The number of hydrogen-bond donors (Lipinski definition) is 0. The maximum atomic E-state index is 12.1. The summed E-state index contributed by atoms with van der Waals surface area (Å²) in [6.45, 7) is 0. The second kappa shape index (κ2) is 5.28. The molecule has 3 nitrogen and oxygen atoms in total. The Kier molecular flexibility index (Phi) is 3.48. The molecular weight excluding hydrogens is 248 g/mol. The van der Waals surface area contributed by atoms with Gasteiger partial charge < -0.3 is 4.90 Å². The summed E-state index contributed by atoms with van der Waals surface area (Å²) in [6.07, 6.45) is 3.93. The molecule has 0 saturated heterocycles. The molecule has 4 rings (SSSR count). The van der Waals surface area contributed by atoms with E-state index >= 15 is 0 Å². The molecule has 1 aromatic carbocycles. The zero-order valence-corrected chi connectivity index (χ0v) is 11.8. The molecule has 0 aliphatic heterocycles. The summed E-state index contributed by atoms with van der Waals surface area (Å²) >= 11 is 0. The Bertz CT molecular complexity index is 534. The SMILES string of the molecule is CN(c1ccccc1)C(C#N)C1CC2CCC1C(=O)C2. The summed E-state index contributed by atoms with van der Waals surface area (Å²) in [5, 5.41) is 9.62. The third-order valence-corrected chi connectivity index (χ3v) is 5.03. The standard InChI is InChI=1S/C17H20N2O/c1-19(13-5-3-2-4-6-13)16(11-18)15-9-12-7-8-14(15)17(20)10-12/h2-6,12,14-16H,7-10H2,1H3. The molecule has 0 radical (unpaired) electrons. The summed E-state index contributed by atoms with van der Waals surface area (Å²) in [4.78, 5) is 14.2. The third kappa shape index (κ3) is 2.20. The highest BCUT2D eigenvalue weighted by molar-refractivity contribution is 5.83. The van der Waals surface area contributed by atoms with Gasteiger partial charge in [-0.05, 0) is 37.3 Å². The van der Waals surface area contributed by atoms with Gasteiger partial charge in [0.05, 0.1) is 6.07 Å². The first-order chi connectivity index (χ1) is 9.70. The highest BCUT2D eigenvalue weighted by atomic mass is 16.1. The first-order valence-corrected chi connectivity index (χ1v) is 7.41. The van der Waals surface area contributed by atoms with Crippen molar-refractivity contribution in [2.45, 2.75) is 31.7 Å². The number of fused-ring (bicyclic) bond motifs is 3. The average Bonchev–Trinajstić information content (AvgIpc) is 2.49. The zero-order valence-electron chi connectivity index (χ0n) is 11.8. The molecule has 3 heteroatoms. The molecule has 20 heavy (non-hydrogen) atoms. The maximum Gasteiger partial charge on any atom is 0.136 e. The van der Waals surface area contributed by atoms with Crippen LogP contribution in [-0.4, -0.2) is 18.9 Å². The Hall–Kier alpha value is -1.82. The Balaban J connectivity index is 1.84. The predicted molar refractivity (Wildman–Crippen MR) is 78.2 cm³/mol. The Labute approximate surface area is 120 Å². The van der Waals surface area contributed by atoms with E-state index in [0.29, 0.717) is 11.7 Å². The second-order valence-corrected chi connectivity index (χ2v) is 6.14. The van der Waals surface area contributed by atoms with Gasteiger partial charge in [0.25, 0.3) is 0 Å². The van der Waals surface area contributed by atoms with Gasteiger partial charge in [0.2, 0.25) is 0 Å². The number of para-hydroxylation sites is 1. The predicted octanol–water partition coefficient (Wildman–Crippen LogP) is 3.02. The number of nitrogens with zero attached hydrogens (tertiary/aromatic N) is 2. The molecule has 0 amide bonds. The topological polar surface area (TPSA) is 44.1 Å². The molecular formula is C17H20N2O. The van der Waals surface area contributed by atoms with Gasteiger partial charge in [-0.25, -0.2) is 0 Å². The molecule has 1 aromatic rings. The minimum absolute atomic E-state index is 0.107. The minimum Gasteiger partial charge on any atom is -0.359 e. The van der Waals surface area contributed by atoms with Crippen LogP contribution < -0.4 is 4.90 Å². The van der Waals surface area contributed by atoms with E-state index in [1.807, 2.05) is 42.3 Å². The molecule has 3 aliphatic rings. The molecule has 0 aromatic heterocycles. The van der Waals surface area contributed by atoms with Crippen molar-refractivity contribution in [3.05, 3.63) is 30.3 Å². The second-order valence-electron chi connectivity index (χ2n) is 6.14. The Morgan fingerprint density at radius 3 is 2.65 bits per heavy atom. The maximum absolute atomic E-state index is 12.1. The summed E-state index contributed by atoms with van der Waals surface area (Å²) in [7, 11) is 1.97. The number of hydrogen-bond acceptors (Lipinski definition) is 3. The van der Waals surface area contributed by atoms with Gasteiger partial charge in [-0.1, -0.05) is 18.2 Å². The smallest absolute Gasteiger partial charge is 0.136 e. The van der Waals surface area contributed by atoms with Crippen molar-refractivity contribution in [3.8, 4) is 6.07 Å². The highest BCUT2D eigenvalue weighted by Crippen LogP contribution is 2.45. The highest BCUT2D eigenvalue weighted by Gasteiger charge is 2.45. The molecule has 3 aliphatic carbocycles. The number of anilines is 1. The van der Waals surface area contributed by atoms with E-state index in [4.69, 9.17) is 0 Å². The van der Waals surface area contributed by atoms with E-state index in [-0.39, 0.29) is 17.9 Å². The lowest BCUT2D eigenvalue weighted by molar-refractivity contribution is -0.132. The molecule has 0 N–H and O–H groups in total. The average molecular weight is 268 g/mol. The third-order valence-electron chi connectivity index (χ3n) is 5.03. The summed E-state index contributed by atoms with van der Waals surface area (Å²) in [5.41, 5.74) is 1.05. The van der Waals surface area contributed by atoms with Crippen LogP contribution in [-0.2, 0) is 4.79 Å². The summed E-state index contributed by atoms with van der Waals surface area (Å²) in [6, 6.07) is 12.2. The van der Waals surface area contributed by atoms with Crippen molar-refractivity contribution in [2.75, 3.05) is 11.9 Å². The van der Waals surface area contributed by atoms with E-state index in [0.717, 1.165) is 24.9 Å². The monoisotopic (exact) mass is 268 g/mol. The van der Waals surface area contributed by atoms with Crippen LogP contribution in [0.3, 0.4) is 0 Å². The normalized spacial score (nSPS) is 29.8. The number of benzene rings is 1. The van der Waals surface area contributed by atoms with Crippen molar-refractivity contribution >= 4 is 11.5 Å². The molecule has 3 saturated carbocycles. The quantitative estimate of drug-likeness (QED) is 0.846. The fourth-order valence-corrected chi connectivity index (χ4v) is 3.96. The fraction of sp³-hybridized carbons (Fsp3) is 0.529. The van der Waals surface area contributed by atoms with Crippen molar-refractivity contribution in [1.29, 1.82) is 5.26 Å². The molecule has 4 unspecified atom stereocenters. The first kappa shape index (κ1) is 13.2.